The van der Waals surface area contributed by atoms with Gasteiger partial charge in [0, 0.05) is 17.3 Å². The Balaban J connectivity index is 1.88. The molecule has 33 heavy (non-hydrogen) atoms. The van der Waals surface area contributed by atoms with E-state index in [4.69, 9.17) is 11.6 Å². The van der Waals surface area contributed by atoms with Crippen LogP contribution >= 0.6 is 11.6 Å². The normalized spacial score (nSPS) is 11.8. The Morgan fingerprint density at radius 1 is 1.00 bits per heavy atom. The van der Waals surface area contributed by atoms with E-state index >= 15 is 0 Å². The third-order valence-electron chi connectivity index (χ3n) is 4.59. The standard InChI is InChI=1S/C22H18ClF3N2O4S/c23-17-7-4-14(5-8-17)10-11-27-19-9-6-15(21(29)30)12-20(19)33(31,32)28-18-3-1-2-16(13-18)22(24,25)26/h1-9,12-13,27-28H,10-11H2,(H,29,30)/p-1. The van der Waals surface area contributed by atoms with Crippen molar-refractivity contribution >= 4 is 39.0 Å². The van der Waals surface area contributed by atoms with E-state index in [2.05, 4.69) is 10.0 Å². The summed E-state index contributed by atoms with van der Waals surface area (Å²) < 4.78 is 66.9. The van der Waals surface area contributed by atoms with E-state index in [1.54, 1.807) is 24.3 Å². The maximum Gasteiger partial charge on any atom is 0.416 e. The maximum absolute atomic E-state index is 13.0. The highest BCUT2D eigenvalue weighted by Crippen LogP contribution is 2.32. The number of anilines is 2. The summed E-state index contributed by atoms with van der Waals surface area (Å²) in [5, 5.41) is 14.7. The lowest BCUT2D eigenvalue weighted by Crippen LogP contribution is -2.23. The Kier molecular flexibility index (Phi) is 7.19. The number of carboxylic acids is 1. The van der Waals surface area contributed by atoms with Crippen molar-refractivity contribution in [1.29, 1.82) is 0 Å². The number of carbonyl (C=O) groups is 1. The van der Waals surface area contributed by atoms with Gasteiger partial charge in [-0.1, -0.05) is 35.9 Å². The molecule has 0 aliphatic carbocycles. The number of benzene rings is 3. The fraction of sp³-hybridized carbons (Fsp3) is 0.136. The van der Waals surface area contributed by atoms with E-state index in [1.807, 2.05) is 0 Å². The minimum Gasteiger partial charge on any atom is -0.545 e. The monoisotopic (exact) mass is 497 g/mol. The molecular weight excluding hydrogens is 481 g/mol. The van der Waals surface area contributed by atoms with E-state index in [1.165, 1.54) is 12.1 Å². The minimum atomic E-state index is -4.66. The number of sulfonamides is 1. The molecule has 0 aliphatic heterocycles. The third kappa shape index (κ3) is 6.39. The molecule has 2 N–H and O–H groups in total. The smallest absolute Gasteiger partial charge is 0.416 e. The van der Waals surface area contributed by atoms with Crippen LogP contribution in [0.2, 0.25) is 5.02 Å². The molecule has 6 nitrogen and oxygen atoms in total. The zero-order valence-electron chi connectivity index (χ0n) is 16.8. The molecule has 0 radical (unpaired) electrons. The summed E-state index contributed by atoms with van der Waals surface area (Å²) in [6.07, 6.45) is -4.16. The quantitative estimate of drug-likeness (QED) is 0.486. The van der Waals surface area contributed by atoms with E-state index in [-0.39, 0.29) is 11.4 Å². The maximum atomic E-state index is 13.0. The average molecular weight is 498 g/mol. The molecule has 0 unspecified atom stereocenters. The number of hydrogen-bond acceptors (Lipinski definition) is 5. The van der Waals surface area contributed by atoms with Crippen LogP contribution in [0.25, 0.3) is 0 Å². The third-order valence-corrected chi connectivity index (χ3v) is 6.26. The van der Waals surface area contributed by atoms with E-state index in [0.717, 1.165) is 29.8 Å². The molecule has 3 aromatic rings. The topological polar surface area (TPSA) is 98.3 Å². The molecule has 0 aliphatic rings. The molecule has 0 saturated heterocycles. The number of halogens is 4. The molecule has 0 saturated carbocycles. The number of hydrogen-bond donors (Lipinski definition) is 2. The predicted octanol–water partition coefficient (Wildman–Crippen LogP) is 4.18. The molecule has 0 aromatic heterocycles. The molecule has 3 rings (SSSR count). The van der Waals surface area contributed by atoms with Crippen LogP contribution in [0.15, 0.2) is 71.6 Å². The van der Waals surface area contributed by atoms with Crippen molar-refractivity contribution in [2.24, 2.45) is 0 Å². The SMILES string of the molecule is O=C([O-])c1ccc(NCCc2ccc(Cl)cc2)c(S(=O)(=O)Nc2cccc(C(F)(F)F)c2)c1. The number of carbonyl (C=O) groups excluding carboxylic acids is 1. The van der Waals surface area contributed by atoms with Gasteiger partial charge in [0.05, 0.1) is 17.2 Å². The Morgan fingerprint density at radius 3 is 2.33 bits per heavy atom. The van der Waals surface area contributed by atoms with Gasteiger partial charge < -0.3 is 15.2 Å². The molecule has 11 heteroatoms. The molecule has 3 aromatic carbocycles. The van der Waals surface area contributed by atoms with Crippen LogP contribution in [0, 0.1) is 0 Å². The highest BCUT2D eigenvalue weighted by atomic mass is 35.5. The highest BCUT2D eigenvalue weighted by molar-refractivity contribution is 7.92. The van der Waals surface area contributed by atoms with Crippen LogP contribution in [-0.2, 0) is 22.6 Å². The second-order valence-corrected chi connectivity index (χ2v) is 9.07. The second-order valence-electron chi connectivity index (χ2n) is 6.99. The zero-order valence-corrected chi connectivity index (χ0v) is 18.4. The molecule has 0 bridgehead atoms. The van der Waals surface area contributed by atoms with Gasteiger partial charge in [0.1, 0.15) is 4.90 Å². The predicted molar refractivity (Wildman–Crippen MR) is 117 cm³/mol. The van der Waals surface area contributed by atoms with Crippen molar-refractivity contribution in [2.45, 2.75) is 17.5 Å². The van der Waals surface area contributed by atoms with Gasteiger partial charge in [0.15, 0.2) is 0 Å². The number of nitrogens with one attached hydrogen (secondary N) is 2. The lowest BCUT2D eigenvalue weighted by molar-refractivity contribution is -0.255. The Labute approximate surface area is 193 Å². The molecule has 174 valence electrons. The molecule has 0 amide bonds. The van der Waals surface area contributed by atoms with Gasteiger partial charge in [0.2, 0.25) is 0 Å². The van der Waals surface area contributed by atoms with Gasteiger partial charge in [-0.05, 0) is 60.0 Å². The summed E-state index contributed by atoms with van der Waals surface area (Å²) in [5.74, 6) is -1.60. The van der Waals surface area contributed by atoms with Gasteiger partial charge in [-0.15, -0.1) is 0 Å². The number of rotatable bonds is 8. The minimum absolute atomic E-state index is 0.0773. The summed E-state index contributed by atoms with van der Waals surface area (Å²) in [7, 11) is -4.45. The van der Waals surface area contributed by atoms with Gasteiger partial charge in [-0.3, -0.25) is 4.72 Å². The highest BCUT2D eigenvalue weighted by Gasteiger charge is 2.31. The van der Waals surface area contributed by atoms with E-state index < -0.39 is 38.2 Å². The molecule has 0 atom stereocenters. The van der Waals surface area contributed by atoms with E-state index in [0.29, 0.717) is 24.1 Å². The zero-order chi connectivity index (χ0) is 24.2. The first kappa shape index (κ1) is 24.4. The van der Waals surface area contributed by atoms with Crippen molar-refractivity contribution in [3.63, 3.8) is 0 Å². The number of aromatic carboxylic acids is 1. The summed E-state index contributed by atoms with van der Waals surface area (Å²) in [6.45, 7) is 0.290. The number of carboxylic acid groups (broad SMARTS) is 1. The van der Waals surface area contributed by atoms with Gasteiger partial charge in [0.25, 0.3) is 10.0 Å². The fourth-order valence-corrected chi connectivity index (χ4v) is 4.36. The summed E-state index contributed by atoms with van der Waals surface area (Å²) in [4.78, 5) is 10.8. The van der Waals surface area contributed by atoms with Gasteiger partial charge in [-0.25, -0.2) is 8.42 Å². The fourth-order valence-electron chi connectivity index (χ4n) is 2.98. The van der Waals surface area contributed by atoms with E-state index in [9.17, 15) is 31.5 Å². The Morgan fingerprint density at radius 2 is 1.70 bits per heavy atom. The molecular formula is C22H17ClF3N2O4S-. The van der Waals surface area contributed by atoms with Gasteiger partial charge in [-0.2, -0.15) is 13.2 Å². The molecule has 0 spiro atoms. The van der Waals surface area contributed by atoms with Crippen molar-refractivity contribution in [2.75, 3.05) is 16.6 Å². The summed E-state index contributed by atoms with van der Waals surface area (Å²) >= 11 is 5.85. The van der Waals surface area contributed by atoms with Crippen molar-refractivity contribution in [3.8, 4) is 0 Å². The van der Waals surface area contributed by atoms with Crippen LogP contribution in [-0.4, -0.2) is 20.9 Å². The van der Waals surface area contributed by atoms with Crippen LogP contribution < -0.4 is 15.1 Å². The average Bonchev–Trinajstić information content (AvgIpc) is 2.74. The first-order chi connectivity index (χ1) is 15.5. The van der Waals surface area contributed by atoms with Crippen LogP contribution in [0.1, 0.15) is 21.5 Å². The van der Waals surface area contributed by atoms with Crippen LogP contribution in [0.5, 0.6) is 0 Å². The second kappa shape index (κ2) is 9.72. The van der Waals surface area contributed by atoms with Gasteiger partial charge >= 0.3 is 6.18 Å². The molecule has 0 heterocycles. The van der Waals surface area contributed by atoms with Crippen LogP contribution in [0.3, 0.4) is 0 Å². The van der Waals surface area contributed by atoms with Crippen molar-refractivity contribution < 1.29 is 31.5 Å². The van der Waals surface area contributed by atoms with Crippen molar-refractivity contribution in [3.05, 3.63) is 88.4 Å². The van der Waals surface area contributed by atoms with Crippen LogP contribution in [0.4, 0.5) is 24.5 Å². The first-order valence-electron chi connectivity index (χ1n) is 9.49. The largest absolute Gasteiger partial charge is 0.545 e. The summed E-state index contributed by atoms with van der Waals surface area (Å²) in [6, 6.07) is 14.0. The lowest BCUT2D eigenvalue weighted by atomic mass is 10.1. The first-order valence-corrected chi connectivity index (χ1v) is 11.4. The van der Waals surface area contributed by atoms with Crippen molar-refractivity contribution in [1.82, 2.24) is 0 Å². The summed E-state index contributed by atoms with van der Waals surface area (Å²) in [5.41, 5.74) is -0.760. The Hall–Kier alpha value is -3.24. The molecule has 0 fully saturated rings. The number of alkyl halides is 3. The Bertz CT molecular complexity index is 1260. The lowest BCUT2D eigenvalue weighted by Gasteiger charge is -2.16.